The van der Waals surface area contributed by atoms with Crippen molar-refractivity contribution in [1.82, 2.24) is 19.9 Å². The van der Waals surface area contributed by atoms with Crippen molar-refractivity contribution in [2.75, 3.05) is 0 Å². The Morgan fingerprint density at radius 3 is 1.42 bits per heavy atom. The summed E-state index contributed by atoms with van der Waals surface area (Å²) < 4.78 is 0. The fraction of sp³-hybridized carbons (Fsp3) is 0.353. The molecule has 8 bridgehead atoms. The van der Waals surface area contributed by atoms with E-state index in [1.165, 1.54) is 32.0 Å². The van der Waals surface area contributed by atoms with E-state index in [1.54, 1.807) is 19.9 Å². The summed E-state index contributed by atoms with van der Waals surface area (Å²) in [6, 6.07) is 5.93. The van der Waals surface area contributed by atoms with Crippen molar-refractivity contribution >= 4 is 57.5 Å². The molecule has 0 amide bonds. The summed E-state index contributed by atoms with van der Waals surface area (Å²) in [5, 5.41) is 38.4. The number of ketones is 2. The predicted molar refractivity (Wildman–Crippen MR) is 170 cm³/mol. The molecule has 3 aromatic rings. The van der Waals surface area contributed by atoms with Crippen LogP contribution in [-0.2, 0) is 42.8 Å². The van der Waals surface area contributed by atoms with Crippen molar-refractivity contribution in [2.45, 2.75) is 77.0 Å². The van der Waals surface area contributed by atoms with E-state index in [4.69, 9.17) is 0 Å². The number of hydrogen-bond donors (Lipinski definition) is 6. The van der Waals surface area contributed by atoms with Gasteiger partial charge in [-0.25, -0.2) is 9.97 Å². The van der Waals surface area contributed by atoms with Gasteiger partial charge in [0.2, 0.25) is 0 Å². The molecule has 0 radical (unpaired) electrons. The van der Waals surface area contributed by atoms with Crippen molar-refractivity contribution in [3.05, 3.63) is 69.3 Å². The van der Waals surface area contributed by atoms with Gasteiger partial charge in [-0.15, -0.1) is 0 Å². The molecule has 2 unspecified atom stereocenters. The normalized spacial score (nSPS) is 19.0. The number of aliphatic carboxylic acids is 4. The maximum atomic E-state index is 13.9. The highest BCUT2D eigenvalue weighted by atomic mass is 16.4. The number of carbonyl (C=O) groups excluding carboxylic acids is 2. The molecule has 0 saturated carbocycles. The molecule has 5 heterocycles. The second kappa shape index (κ2) is 12.2. The van der Waals surface area contributed by atoms with Crippen LogP contribution in [0.1, 0.15) is 94.1 Å². The van der Waals surface area contributed by atoms with E-state index in [1.807, 2.05) is 0 Å². The van der Waals surface area contributed by atoms with Gasteiger partial charge in [-0.2, -0.15) is 0 Å². The van der Waals surface area contributed by atoms with Gasteiger partial charge in [0.05, 0.1) is 35.1 Å². The molecule has 3 aromatic heterocycles. The molecule has 2 aliphatic heterocycles. The third kappa shape index (κ3) is 5.96. The molecule has 0 fully saturated rings. The molecule has 0 aliphatic carbocycles. The smallest absolute Gasteiger partial charge is 0.304 e. The molecule has 250 valence electrons. The Kier molecular flexibility index (Phi) is 8.55. The van der Waals surface area contributed by atoms with Crippen molar-refractivity contribution in [2.24, 2.45) is 0 Å². The number of H-pyrrole nitrogens is 2. The minimum Gasteiger partial charge on any atom is -0.481 e. The Bertz CT molecular complexity index is 2110. The van der Waals surface area contributed by atoms with Crippen molar-refractivity contribution in [3.8, 4) is 0 Å². The fourth-order valence-electron chi connectivity index (χ4n) is 6.48. The lowest BCUT2D eigenvalue weighted by Gasteiger charge is -2.20. The van der Waals surface area contributed by atoms with Gasteiger partial charge in [0.25, 0.3) is 0 Å². The second-order valence-electron chi connectivity index (χ2n) is 12.7. The van der Waals surface area contributed by atoms with E-state index in [2.05, 4.69) is 19.9 Å². The van der Waals surface area contributed by atoms with Gasteiger partial charge in [0.1, 0.15) is 11.4 Å². The highest BCUT2D eigenvalue weighted by molar-refractivity contribution is 6.09. The molecular formula is C34H34N4O10. The number of rotatable bonds is 10. The highest BCUT2D eigenvalue weighted by Crippen LogP contribution is 2.39. The minimum atomic E-state index is -1.69. The third-order valence-electron chi connectivity index (χ3n) is 9.29. The molecule has 5 rings (SSSR count). The summed E-state index contributed by atoms with van der Waals surface area (Å²) in [6.07, 6.45) is -1.44. The molecule has 0 aromatic carbocycles. The first kappa shape index (κ1) is 33.7. The molecule has 14 heteroatoms. The van der Waals surface area contributed by atoms with Crippen LogP contribution in [0.4, 0.5) is 0 Å². The van der Waals surface area contributed by atoms with E-state index in [0.717, 1.165) is 0 Å². The molecule has 48 heavy (non-hydrogen) atoms. The monoisotopic (exact) mass is 658 g/mol. The number of Topliss-reactive ketones (excluding diaryl/α,β-unsaturated/α-hetero) is 2. The number of fused-ring (bicyclic) bond motifs is 8. The number of nitrogens with zero attached hydrogens (tertiary/aromatic N) is 2. The fourth-order valence-corrected chi connectivity index (χ4v) is 6.48. The van der Waals surface area contributed by atoms with Gasteiger partial charge in [-0.1, -0.05) is 0 Å². The first-order valence-corrected chi connectivity index (χ1v) is 15.2. The summed E-state index contributed by atoms with van der Waals surface area (Å²) in [7, 11) is 0. The van der Waals surface area contributed by atoms with Gasteiger partial charge in [0.15, 0.2) is 11.6 Å². The summed E-state index contributed by atoms with van der Waals surface area (Å²) >= 11 is 0. The van der Waals surface area contributed by atoms with Crippen LogP contribution in [0.5, 0.6) is 0 Å². The van der Waals surface area contributed by atoms with Crippen molar-refractivity contribution in [3.63, 3.8) is 0 Å². The minimum absolute atomic E-state index is 0.0318. The first-order chi connectivity index (χ1) is 22.4. The average molecular weight is 659 g/mol. The first-order valence-electron chi connectivity index (χ1n) is 15.2. The van der Waals surface area contributed by atoms with Gasteiger partial charge in [0, 0.05) is 34.9 Å². The lowest BCUT2D eigenvalue weighted by Crippen LogP contribution is -2.32. The number of hydrogen-bond acceptors (Lipinski definition) is 8. The van der Waals surface area contributed by atoms with Gasteiger partial charge >= 0.3 is 23.9 Å². The van der Waals surface area contributed by atoms with E-state index in [-0.39, 0.29) is 48.5 Å². The quantitative estimate of drug-likeness (QED) is 0.180. The van der Waals surface area contributed by atoms with Gasteiger partial charge in [-0.05, 0) is 87.1 Å². The lowest BCUT2D eigenvalue weighted by atomic mass is 9.78. The molecular weight excluding hydrogens is 624 g/mol. The lowest BCUT2D eigenvalue weighted by molar-refractivity contribution is -0.139. The maximum absolute atomic E-state index is 13.9. The number of aromatic amines is 2. The SMILES string of the molecule is Cc1c(CCC(=O)O)c2cc3[nH]c(cc4nc(cc5nc(cc1[nH]2)C(=O)C5(C)CC(=O)O)C(=O)C4(C)CC(=O)O)c(C)c3CCC(=O)O. The number of aryl methyl sites for hydroxylation is 4. The predicted octanol–water partition coefficient (Wildman–Crippen LogP) is 4.20. The Morgan fingerprint density at radius 1 is 0.604 bits per heavy atom. The summed E-state index contributed by atoms with van der Waals surface area (Å²) in [5.74, 6) is -5.87. The zero-order chi connectivity index (χ0) is 35.3. The largest absolute Gasteiger partial charge is 0.481 e. The molecule has 6 N–H and O–H groups in total. The number of nitrogens with one attached hydrogen (secondary N) is 2. The zero-order valence-electron chi connectivity index (χ0n) is 26.7. The Balaban J connectivity index is 1.97. The van der Waals surface area contributed by atoms with Gasteiger partial charge < -0.3 is 30.4 Å². The van der Waals surface area contributed by atoms with Crippen LogP contribution >= 0.6 is 0 Å². The number of carboxylic acids is 4. The van der Waals surface area contributed by atoms with Crippen LogP contribution in [0.2, 0.25) is 0 Å². The van der Waals surface area contributed by atoms with Crippen LogP contribution in [0.15, 0.2) is 24.3 Å². The van der Waals surface area contributed by atoms with Crippen molar-refractivity contribution < 1.29 is 49.2 Å². The van der Waals surface area contributed by atoms with E-state index < -0.39 is 59.1 Å². The number of carboxylic acid groups (broad SMARTS) is 4. The summed E-state index contributed by atoms with van der Waals surface area (Å²) in [4.78, 5) is 90.3. The van der Waals surface area contributed by atoms with E-state index >= 15 is 0 Å². The van der Waals surface area contributed by atoms with Gasteiger partial charge in [-0.3, -0.25) is 28.8 Å². The van der Waals surface area contributed by atoms with E-state index in [0.29, 0.717) is 44.3 Å². The molecule has 0 spiro atoms. The summed E-state index contributed by atoms with van der Waals surface area (Å²) in [6.45, 7) is 6.34. The standard InChI is InChI=1S/C34H34N4O10/c1-15-17(5-7-27(39)40)21-10-22-18(6-8-28(41)42)16(2)20(36-22)11-25-33(3,13-29(43)44)32(48)24(38-25)12-26-34(4,14-30(45)46)31(47)23(37-26)9-19(15)35-21/h9-12,35-36H,5-8,13-14H2,1-4H3,(H,39,40)(H,41,42)(H,43,44)(H,45,46). The average Bonchev–Trinajstić information content (AvgIpc) is 3.58. The number of carbonyl (C=O) groups is 6. The Morgan fingerprint density at radius 2 is 1.00 bits per heavy atom. The second-order valence-corrected chi connectivity index (χ2v) is 12.7. The van der Waals surface area contributed by atoms with Crippen molar-refractivity contribution in [1.29, 1.82) is 0 Å². The zero-order valence-corrected chi connectivity index (χ0v) is 26.7. The summed E-state index contributed by atoms with van der Waals surface area (Å²) in [5.41, 5.74) is 0.805. The molecule has 14 nitrogen and oxygen atoms in total. The van der Waals surface area contributed by atoms with Crippen LogP contribution in [0, 0.1) is 13.8 Å². The van der Waals surface area contributed by atoms with Crippen LogP contribution in [-0.4, -0.2) is 75.8 Å². The Labute approximate surface area is 272 Å². The Hall–Kier alpha value is -5.66. The highest BCUT2D eigenvalue weighted by Gasteiger charge is 2.47. The van der Waals surface area contributed by atoms with Crippen LogP contribution in [0.25, 0.3) is 22.1 Å². The molecule has 2 atom stereocenters. The van der Waals surface area contributed by atoms with E-state index in [9.17, 15) is 49.2 Å². The maximum Gasteiger partial charge on any atom is 0.304 e. The molecule has 0 saturated heterocycles. The molecule has 2 aliphatic rings. The van der Waals surface area contributed by atoms with Crippen LogP contribution < -0.4 is 0 Å². The topological polar surface area (TPSA) is 241 Å². The van der Waals surface area contributed by atoms with Crippen LogP contribution in [0.3, 0.4) is 0 Å². The third-order valence-corrected chi connectivity index (χ3v) is 9.29. The number of aromatic nitrogens is 4.